The molecule has 0 spiro atoms. The van der Waals surface area contributed by atoms with Crippen molar-refractivity contribution in [2.75, 3.05) is 31.4 Å². The number of fused-ring (bicyclic) bond motifs is 1. The van der Waals surface area contributed by atoms with Crippen LogP contribution in [-0.4, -0.2) is 48.6 Å². The zero-order chi connectivity index (χ0) is 30.1. The fourth-order valence-electron chi connectivity index (χ4n) is 5.19. The SMILES string of the molecule is CCCCC1(CCCC)CCc2cc(N(C)C)ccc2SC1.O=C(O)C(CCCCCOc1ccccc1)C(=O)O. The van der Waals surface area contributed by atoms with Gasteiger partial charge in [0, 0.05) is 30.4 Å². The lowest BCUT2D eigenvalue weighted by Crippen LogP contribution is -2.24. The van der Waals surface area contributed by atoms with Gasteiger partial charge in [0.1, 0.15) is 5.75 Å². The molecule has 0 aliphatic carbocycles. The van der Waals surface area contributed by atoms with Crippen LogP contribution < -0.4 is 9.64 Å². The number of rotatable bonds is 16. The maximum absolute atomic E-state index is 10.6. The van der Waals surface area contributed by atoms with Crippen molar-refractivity contribution in [1.29, 1.82) is 0 Å². The van der Waals surface area contributed by atoms with Gasteiger partial charge < -0.3 is 19.8 Å². The molecule has 6 nitrogen and oxygen atoms in total. The summed E-state index contributed by atoms with van der Waals surface area (Å²) in [5.41, 5.74) is 3.49. The van der Waals surface area contributed by atoms with Gasteiger partial charge in [-0.2, -0.15) is 0 Å². The van der Waals surface area contributed by atoms with E-state index in [0.29, 0.717) is 18.4 Å². The molecule has 3 rings (SSSR count). The van der Waals surface area contributed by atoms with Gasteiger partial charge >= 0.3 is 11.9 Å². The van der Waals surface area contributed by atoms with Crippen molar-refractivity contribution >= 4 is 29.4 Å². The Kier molecular flexibility index (Phi) is 15.7. The summed E-state index contributed by atoms with van der Waals surface area (Å²) in [6, 6.07) is 16.5. The Balaban J connectivity index is 0.000000290. The highest BCUT2D eigenvalue weighted by Gasteiger charge is 2.31. The maximum atomic E-state index is 10.6. The smallest absolute Gasteiger partial charge is 0.317 e. The summed E-state index contributed by atoms with van der Waals surface area (Å²) >= 11 is 2.12. The molecule has 0 bridgehead atoms. The Bertz CT molecular complexity index is 1020. The first-order chi connectivity index (χ1) is 19.7. The minimum atomic E-state index is -1.30. The Morgan fingerprint density at radius 3 is 2.17 bits per heavy atom. The molecule has 2 aromatic rings. The summed E-state index contributed by atoms with van der Waals surface area (Å²) in [6.07, 6.45) is 13.2. The average molecular weight is 586 g/mol. The van der Waals surface area contributed by atoms with Crippen molar-refractivity contribution in [3.63, 3.8) is 0 Å². The molecule has 0 saturated carbocycles. The summed E-state index contributed by atoms with van der Waals surface area (Å²) in [7, 11) is 4.27. The number of unbranched alkanes of at least 4 members (excludes halogenated alkanes) is 4. The van der Waals surface area contributed by atoms with Gasteiger partial charge in [-0.3, -0.25) is 9.59 Å². The highest BCUT2D eigenvalue weighted by atomic mass is 32.2. The number of benzene rings is 2. The molecule has 1 aliphatic heterocycles. The van der Waals surface area contributed by atoms with Gasteiger partial charge in [0.2, 0.25) is 0 Å². The van der Waals surface area contributed by atoms with Crippen molar-refractivity contribution in [2.45, 2.75) is 95.8 Å². The van der Waals surface area contributed by atoms with Crippen LogP contribution in [-0.2, 0) is 16.0 Å². The molecule has 0 unspecified atom stereocenters. The van der Waals surface area contributed by atoms with Crippen LogP contribution >= 0.6 is 11.8 Å². The van der Waals surface area contributed by atoms with E-state index in [1.165, 1.54) is 67.7 Å². The quantitative estimate of drug-likeness (QED) is 0.151. The van der Waals surface area contributed by atoms with Gasteiger partial charge in [-0.1, -0.05) is 70.6 Å². The number of carboxylic acids is 2. The third kappa shape index (κ3) is 12.4. The number of hydrogen-bond donors (Lipinski definition) is 2. The molecule has 0 saturated heterocycles. The molecule has 1 heterocycles. The molecule has 0 fully saturated rings. The van der Waals surface area contributed by atoms with Crippen LogP contribution in [0.5, 0.6) is 5.75 Å². The van der Waals surface area contributed by atoms with E-state index in [2.05, 4.69) is 62.8 Å². The molecular weight excluding hydrogens is 534 g/mol. The first-order valence-corrected chi connectivity index (χ1v) is 16.3. The van der Waals surface area contributed by atoms with E-state index in [0.717, 1.165) is 18.6 Å². The number of para-hydroxylation sites is 1. The number of anilines is 1. The summed E-state index contributed by atoms with van der Waals surface area (Å²) < 4.78 is 5.48. The predicted octanol–water partition coefficient (Wildman–Crippen LogP) is 8.57. The largest absolute Gasteiger partial charge is 0.494 e. The summed E-state index contributed by atoms with van der Waals surface area (Å²) in [4.78, 5) is 25.0. The van der Waals surface area contributed by atoms with Crippen LogP contribution in [0.15, 0.2) is 53.4 Å². The van der Waals surface area contributed by atoms with Gasteiger partial charge in [-0.15, -0.1) is 11.8 Å². The normalized spacial score (nSPS) is 13.9. The van der Waals surface area contributed by atoms with E-state index < -0.39 is 17.9 Å². The molecule has 0 atom stereocenters. The Morgan fingerprint density at radius 1 is 0.927 bits per heavy atom. The molecule has 2 N–H and O–H groups in total. The second-order valence-electron chi connectivity index (χ2n) is 11.4. The Morgan fingerprint density at radius 2 is 1.59 bits per heavy atom. The molecule has 41 heavy (non-hydrogen) atoms. The fourth-order valence-corrected chi connectivity index (χ4v) is 6.60. The monoisotopic (exact) mass is 585 g/mol. The van der Waals surface area contributed by atoms with E-state index >= 15 is 0 Å². The molecule has 0 aromatic heterocycles. The van der Waals surface area contributed by atoms with Crippen molar-refractivity contribution < 1.29 is 24.5 Å². The first-order valence-electron chi connectivity index (χ1n) is 15.3. The highest BCUT2D eigenvalue weighted by Crippen LogP contribution is 2.45. The third-order valence-electron chi connectivity index (χ3n) is 7.89. The Hall–Kier alpha value is -2.67. The van der Waals surface area contributed by atoms with Crippen LogP contribution in [0.1, 0.15) is 90.0 Å². The number of hydrogen-bond acceptors (Lipinski definition) is 5. The van der Waals surface area contributed by atoms with Crippen LogP contribution in [0.3, 0.4) is 0 Å². The Labute approximate surface area is 251 Å². The second kappa shape index (κ2) is 18.7. The van der Waals surface area contributed by atoms with Crippen LogP contribution in [0.25, 0.3) is 0 Å². The van der Waals surface area contributed by atoms with Gasteiger partial charge in [0.05, 0.1) is 6.61 Å². The van der Waals surface area contributed by atoms with Gasteiger partial charge in [-0.05, 0) is 79.8 Å². The van der Waals surface area contributed by atoms with Gasteiger partial charge in [-0.25, -0.2) is 0 Å². The lowest BCUT2D eigenvalue weighted by atomic mass is 9.75. The maximum Gasteiger partial charge on any atom is 0.317 e. The van der Waals surface area contributed by atoms with Crippen LogP contribution in [0.4, 0.5) is 5.69 Å². The third-order valence-corrected chi connectivity index (χ3v) is 9.35. The average Bonchev–Trinajstić information content (AvgIpc) is 3.14. The van der Waals surface area contributed by atoms with Crippen molar-refractivity contribution in [2.24, 2.45) is 11.3 Å². The van der Waals surface area contributed by atoms with E-state index in [1.807, 2.05) is 30.3 Å². The number of carbonyl (C=O) groups is 2. The molecule has 228 valence electrons. The van der Waals surface area contributed by atoms with Crippen molar-refractivity contribution in [3.05, 3.63) is 54.1 Å². The lowest BCUT2D eigenvalue weighted by Gasteiger charge is -2.32. The van der Waals surface area contributed by atoms with Gasteiger partial charge in [0.15, 0.2) is 5.92 Å². The van der Waals surface area contributed by atoms with E-state index in [1.54, 1.807) is 5.56 Å². The lowest BCUT2D eigenvalue weighted by molar-refractivity contribution is -0.154. The standard InChI is InChI=1S/C20H33NS.C14H18O5/c1-5-7-12-20(13-8-6-2)14-11-17-15-18(21(3)4)9-10-19(17)22-16-20;15-13(16)12(14(17)18)9-5-2-6-10-19-11-7-3-1-4-8-11/h9-10,15H,5-8,11-14,16H2,1-4H3;1,3-4,7-8,12H,2,5-6,9-10H2,(H,15,16)(H,17,18). The molecule has 7 heteroatoms. The van der Waals surface area contributed by atoms with E-state index in [4.69, 9.17) is 14.9 Å². The summed E-state index contributed by atoms with van der Waals surface area (Å²) in [6.45, 7) is 5.21. The second-order valence-corrected chi connectivity index (χ2v) is 12.4. The van der Waals surface area contributed by atoms with E-state index in [9.17, 15) is 9.59 Å². The molecule has 1 aliphatic rings. The van der Waals surface area contributed by atoms with Crippen molar-refractivity contribution in [3.8, 4) is 5.75 Å². The molecular formula is C34H51NO5S. The summed E-state index contributed by atoms with van der Waals surface area (Å²) in [5, 5.41) is 17.4. The molecule has 0 radical (unpaired) electrons. The van der Waals surface area contributed by atoms with Gasteiger partial charge in [0.25, 0.3) is 0 Å². The van der Waals surface area contributed by atoms with Crippen LogP contribution in [0.2, 0.25) is 0 Å². The number of nitrogens with zero attached hydrogens (tertiary/aromatic N) is 1. The number of thioether (sulfide) groups is 1. The highest BCUT2D eigenvalue weighted by molar-refractivity contribution is 7.99. The van der Waals surface area contributed by atoms with Crippen LogP contribution in [0, 0.1) is 11.3 Å². The zero-order valence-electron chi connectivity index (χ0n) is 25.6. The van der Waals surface area contributed by atoms with E-state index in [-0.39, 0.29) is 6.42 Å². The first kappa shape index (κ1) is 34.5. The zero-order valence-corrected chi connectivity index (χ0v) is 26.4. The van der Waals surface area contributed by atoms with Crippen molar-refractivity contribution in [1.82, 2.24) is 0 Å². The molecule has 0 amide bonds. The minimum absolute atomic E-state index is 0.163. The number of ether oxygens (including phenoxy) is 1. The topological polar surface area (TPSA) is 87.1 Å². The number of aliphatic carboxylic acids is 2. The fraction of sp³-hybridized carbons (Fsp3) is 0.588. The summed E-state index contributed by atoms with van der Waals surface area (Å²) in [5.74, 6) is -1.71. The number of carboxylic acid groups (broad SMARTS) is 2. The predicted molar refractivity (Wildman–Crippen MR) is 170 cm³/mol. The number of aryl methyl sites for hydroxylation is 1. The molecule has 2 aromatic carbocycles. The minimum Gasteiger partial charge on any atom is -0.494 e.